The highest BCUT2D eigenvalue weighted by atomic mass is 79.9. The number of rotatable bonds is 3. The molecule has 0 aliphatic carbocycles. The van der Waals surface area contributed by atoms with Crippen LogP contribution >= 0.6 is 27.7 Å². The predicted molar refractivity (Wildman–Crippen MR) is 68.9 cm³/mol. The van der Waals surface area contributed by atoms with Gasteiger partial charge >= 0.3 is 0 Å². The molecule has 0 amide bonds. The molecule has 0 saturated heterocycles. The standard InChI is InChI=1S/C11H11BrN2S/c1-15-7-8-2-3-9(12)6-10(8)11-13-4-5-14-11/h2-6H,7H2,1H3,(H,13,14). The number of thioether (sulfide) groups is 1. The fourth-order valence-electron chi connectivity index (χ4n) is 1.46. The maximum absolute atomic E-state index is 4.28. The number of nitrogens with one attached hydrogen (secondary N) is 1. The molecule has 15 heavy (non-hydrogen) atoms. The first kappa shape index (κ1) is 10.8. The number of halogens is 1. The molecule has 1 aromatic heterocycles. The van der Waals surface area contributed by atoms with E-state index in [4.69, 9.17) is 0 Å². The molecule has 0 fully saturated rings. The van der Waals surface area contributed by atoms with Crippen molar-refractivity contribution in [3.63, 3.8) is 0 Å². The van der Waals surface area contributed by atoms with E-state index in [0.29, 0.717) is 0 Å². The molecule has 2 nitrogen and oxygen atoms in total. The van der Waals surface area contributed by atoms with Gasteiger partial charge in [0.2, 0.25) is 0 Å². The molecule has 78 valence electrons. The summed E-state index contributed by atoms with van der Waals surface area (Å²) in [6.45, 7) is 0. The van der Waals surface area contributed by atoms with E-state index < -0.39 is 0 Å². The Morgan fingerprint density at radius 1 is 1.47 bits per heavy atom. The fourth-order valence-corrected chi connectivity index (χ4v) is 2.39. The van der Waals surface area contributed by atoms with Crippen LogP contribution in [0.3, 0.4) is 0 Å². The molecule has 1 heterocycles. The zero-order valence-corrected chi connectivity index (χ0v) is 10.7. The molecule has 0 aliphatic rings. The lowest BCUT2D eigenvalue weighted by Crippen LogP contribution is -1.89. The highest BCUT2D eigenvalue weighted by molar-refractivity contribution is 9.10. The van der Waals surface area contributed by atoms with Gasteiger partial charge in [-0.3, -0.25) is 0 Å². The zero-order valence-electron chi connectivity index (χ0n) is 8.33. The lowest BCUT2D eigenvalue weighted by atomic mass is 10.1. The molecule has 2 rings (SSSR count). The van der Waals surface area contributed by atoms with E-state index in [1.54, 1.807) is 6.20 Å². The number of hydrogen-bond acceptors (Lipinski definition) is 2. The molecule has 0 atom stereocenters. The van der Waals surface area contributed by atoms with Crippen LogP contribution in [0, 0.1) is 0 Å². The van der Waals surface area contributed by atoms with Crippen LogP contribution in [0.1, 0.15) is 5.56 Å². The van der Waals surface area contributed by atoms with Gasteiger partial charge in [0.05, 0.1) is 0 Å². The monoisotopic (exact) mass is 282 g/mol. The topological polar surface area (TPSA) is 28.7 Å². The van der Waals surface area contributed by atoms with Crippen LogP contribution in [0.25, 0.3) is 11.4 Å². The average molecular weight is 283 g/mol. The van der Waals surface area contributed by atoms with Crippen molar-refractivity contribution in [2.45, 2.75) is 5.75 Å². The fraction of sp³-hybridized carbons (Fsp3) is 0.182. The Hall–Kier alpha value is -0.740. The van der Waals surface area contributed by atoms with Gasteiger partial charge in [-0.05, 0) is 24.0 Å². The number of aromatic nitrogens is 2. The summed E-state index contributed by atoms with van der Waals surface area (Å²) in [7, 11) is 0. The Morgan fingerprint density at radius 3 is 3.00 bits per heavy atom. The van der Waals surface area contributed by atoms with Gasteiger partial charge in [0.1, 0.15) is 5.82 Å². The average Bonchev–Trinajstić information content (AvgIpc) is 2.74. The summed E-state index contributed by atoms with van der Waals surface area (Å²) in [6.07, 6.45) is 5.73. The second-order valence-electron chi connectivity index (χ2n) is 3.17. The molecule has 4 heteroatoms. The normalized spacial score (nSPS) is 10.5. The Labute approximate surface area is 102 Å². The molecular weight excluding hydrogens is 272 g/mol. The molecule has 0 unspecified atom stereocenters. The minimum absolute atomic E-state index is 0.931. The third-order valence-corrected chi connectivity index (χ3v) is 3.22. The van der Waals surface area contributed by atoms with Crippen molar-refractivity contribution in [3.8, 4) is 11.4 Å². The van der Waals surface area contributed by atoms with E-state index in [1.807, 2.05) is 18.0 Å². The number of nitrogens with zero attached hydrogens (tertiary/aromatic N) is 1. The van der Waals surface area contributed by atoms with E-state index in [9.17, 15) is 0 Å². The van der Waals surface area contributed by atoms with Crippen LogP contribution < -0.4 is 0 Å². The Morgan fingerprint density at radius 2 is 2.33 bits per heavy atom. The van der Waals surface area contributed by atoms with Crippen LogP contribution in [0.4, 0.5) is 0 Å². The largest absolute Gasteiger partial charge is 0.345 e. The van der Waals surface area contributed by atoms with E-state index in [0.717, 1.165) is 16.0 Å². The molecule has 0 saturated carbocycles. The van der Waals surface area contributed by atoms with Crippen LogP contribution in [0.2, 0.25) is 0 Å². The first-order chi connectivity index (χ1) is 7.31. The van der Waals surface area contributed by atoms with Gasteiger partial charge in [-0.25, -0.2) is 4.98 Å². The summed E-state index contributed by atoms with van der Waals surface area (Å²) in [5.41, 5.74) is 2.48. The molecule has 0 radical (unpaired) electrons. The molecule has 2 aromatic rings. The summed E-state index contributed by atoms with van der Waals surface area (Å²) in [6, 6.07) is 6.31. The maximum Gasteiger partial charge on any atom is 0.137 e. The van der Waals surface area contributed by atoms with Gasteiger partial charge in [0, 0.05) is 28.2 Å². The molecule has 0 bridgehead atoms. The summed E-state index contributed by atoms with van der Waals surface area (Å²) in [5, 5.41) is 0. The van der Waals surface area contributed by atoms with Gasteiger partial charge in [-0.2, -0.15) is 11.8 Å². The van der Waals surface area contributed by atoms with Crippen LogP contribution in [-0.2, 0) is 5.75 Å². The van der Waals surface area contributed by atoms with Crippen molar-refractivity contribution >= 4 is 27.7 Å². The van der Waals surface area contributed by atoms with Crippen molar-refractivity contribution in [1.82, 2.24) is 9.97 Å². The van der Waals surface area contributed by atoms with E-state index in [1.165, 1.54) is 11.1 Å². The second kappa shape index (κ2) is 4.86. The maximum atomic E-state index is 4.28. The minimum atomic E-state index is 0.931. The molecule has 1 N–H and O–H groups in total. The summed E-state index contributed by atoms with van der Waals surface area (Å²) < 4.78 is 1.08. The summed E-state index contributed by atoms with van der Waals surface area (Å²) >= 11 is 5.30. The van der Waals surface area contributed by atoms with Gasteiger partial charge in [-0.15, -0.1) is 0 Å². The second-order valence-corrected chi connectivity index (χ2v) is 4.95. The van der Waals surface area contributed by atoms with Crippen LogP contribution in [0.5, 0.6) is 0 Å². The van der Waals surface area contributed by atoms with Gasteiger partial charge in [-0.1, -0.05) is 22.0 Å². The van der Waals surface area contributed by atoms with Gasteiger partial charge in [0.15, 0.2) is 0 Å². The highest BCUT2D eigenvalue weighted by Gasteiger charge is 2.07. The molecule has 1 aromatic carbocycles. The first-order valence-corrected chi connectivity index (χ1v) is 6.77. The number of hydrogen-bond donors (Lipinski definition) is 1. The quantitative estimate of drug-likeness (QED) is 0.930. The SMILES string of the molecule is CSCc1ccc(Br)cc1-c1ncc[nH]1. The van der Waals surface area contributed by atoms with Gasteiger partial charge < -0.3 is 4.98 Å². The number of imidazole rings is 1. The van der Waals surface area contributed by atoms with Crippen molar-refractivity contribution in [2.24, 2.45) is 0 Å². The summed E-state index contributed by atoms with van der Waals surface area (Å²) in [5.74, 6) is 1.93. The Balaban J connectivity index is 2.47. The molecular formula is C11H11BrN2S. The van der Waals surface area contributed by atoms with Crippen molar-refractivity contribution < 1.29 is 0 Å². The molecule has 0 aliphatic heterocycles. The van der Waals surface area contributed by atoms with Crippen molar-refractivity contribution in [2.75, 3.05) is 6.26 Å². The van der Waals surface area contributed by atoms with Crippen molar-refractivity contribution in [3.05, 3.63) is 40.6 Å². The van der Waals surface area contributed by atoms with Crippen molar-refractivity contribution in [1.29, 1.82) is 0 Å². The predicted octanol–water partition coefficient (Wildman–Crippen LogP) is 3.70. The van der Waals surface area contributed by atoms with Crippen LogP contribution in [0.15, 0.2) is 35.1 Å². The zero-order chi connectivity index (χ0) is 10.7. The lowest BCUT2D eigenvalue weighted by molar-refractivity contribution is 1.27. The third kappa shape index (κ3) is 2.44. The van der Waals surface area contributed by atoms with E-state index >= 15 is 0 Å². The van der Waals surface area contributed by atoms with E-state index in [2.05, 4.69) is 50.4 Å². The number of aromatic amines is 1. The minimum Gasteiger partial charge on any atom is -0.345 e. The Kier molecular flexibility index (Phi) is 3.49. The Bertz CT molecular complexity index is 440. The van der Waals surface area contributed by atoms with E-state index in [-0.39, 0.29) is 0 Å². The van der Waals surface area contributed by atoms with Gasteiger partial charge in [0.25, 0.3) is 0 Å². The number of H-pyrrole nitrogens is 1. The van der Waals surface area contributed by atoms with Crippen LogP contribution in [-0.4, -0.2) is 16.2 Å². The lowest BCUT2D eigenvalue weighted by Gasteiger charge is -2.06. The third-order valence-electron chi connectivity index (χ3n) is 2.13. The smallest absolute Gasteiger partial charge is 0.137 e. The first-order valence-electron chi connectivity index (χ1n) is 4.58. The molecule has 0 spiro atoms. The highest BCUT2D eigenvalue weighted by Crippen LogP contribution is 2.26. The summed E-state index contributed by atoms with van der Waals surface area (Å²) in [4.78, 5) is 7.42. The number of benzene rings is 1.